The van der Waals surface area contributed by atoms with Crippen LogP contribution in [0.1, 0.15) is 63.9 Å². The SMILES string of the molecule is CCOP(OCC)OC(=C(c1c(C)cc(C)cc1C)c1c(C)cc(C)cc1C)c1ccccc1. The van der Waals surface area contributed by atoms with Gasteiger partial charge >= 0.3 is 8.60 Å². The summed E-state index contributed by atoms with van der Waals surface area (Å²) < 4.78 is 18.5. The average Bonchev–Trinajstić information content (AvgIpc) is 2.76. The molecule has 0 atom stereocenters. The molecule has 0 amide bonds. The van der Waals surface area contributed by atoms with Crippen molar-refractivity contribution in [3.05, 3.63) is 105 Å². The summed E-state index contributed by atoms with van der Waals surface area (Å²) in [4.78, 5) is 0. The van der Waals surface area contributed by atoms with E-state index < -0.39 is 8.60 Å². The molecule has 0 aliphatic heterocycles. The topological polar surface area (TPSA) is 27.7 Å². The molecule has 3 rings (SSSR count). The van der Waals surface area contributed by atoms with Crippen LogP contribution in [0.25, 0.3) is 11.3 Å². The number of hydrogen-bond acceptors (Lipinski definition) is 3. The highest BCUT2D eigenvalue weighted by Gasteiger charge is 2.26. The second kappa shape index (κ2) is 11.8. The zero-order chi connectivity index (χ0) is 24.8. The molecular weight excluding hydrogens is 439 g/mol. The van der Waals surface area contributed by atoms with Crippen molar-refractivity contribution in [2.75, 3.05) is 13.2 Å². The Labute approximate surface area is 206 Å². The van der Waals surface area contributed by atoms with E-state index in [0.29, 0.717) is 13.2 Å². The normalized spacial score (nSPS) is 11.1. The van der Waals surface area contributed by atoms with Crippen LogP contribution in [0.3, 0.4) is 0 Å². The fraction of sp³-hybridized carbons (Fsp3) is 0.333. The standard InChI is InChI=1S/C30H37O3P/c1-9-31-34(32-10-2)33-30(26-14-12-11-13-15-26)29(27-22(5)16-20(3)17-23(27)6)28-24(7)18-21(4)19-25(28)8/h11-19H,9-10H2,1-8H3. The lowest BCUT2D eigenvalue weighted by Gasteiger charge is -2.25. The Morgan fingerprint density at radius 3 is 1.44 bits per heavy atom. The lowest BCUT2D eigenvalue weighted by atomic mass is 9.83. The Morgan fingerprint density at radius 1 is 0.647 bits per heavy atom. The Kier molecular flexibility index (Phi) is 9.08. The molecule has 0 bridgehead atoms. The molecule has 0 spiro atoms. The third-order valence-electron chi connectivity index (χ3n) is 5.75. The van der Waals surface area contributed by atoms with Crippen molar-refractivity contribution in [2.45, 2.75) is 55.4 Å². The molecule has 0 heterocycles. The maximum atomic E-state index is 6.67. The fourth-order valence-corrected chi connectivity index (χ4v) is 5.66. The Bertz CT molecular complexity index is 1050. The zero-order valence-corrected chi connectivity index (χ0v) is 22.7. The van der Waals surface area contributed by atoms with Crippen LogP contribution in [0.4, 0.5) is 0 Å². The van der Waals surface area contributed by atoms with Gasteiger partial charge in [0.25, 0.3) is 0 Å². The molecule has 3 nitrogen and oxygen atoms in total. The average molecular weight is 477 g/mol. The van der Waals surface area contributed by atoms with Gasteiger partial charge in [0.1, 0.15) is 5.76 Å². The highest BCUT2D eigenvalue weighted by molar-refractivity contribution is 7.42. The van der Waals surface area contributed by atoms with Gasteiger partial charge in [0.2, 0.25) is 0 Å². The number of aryl methyl sites for hydroxylation is 6. The first-order chi connectivity index (χ1) is 16.3. The lowest BCUT2D eigenvalue weighted by Crippen LogP contribution is -2.06. The summed E-state index contributed by atoms with van der Waals surface area (Å²) in [5, 5.41) is 0. The van der Waals surface area contributed by atoms with E-state index in [1.807, 2.05) is 32.0 Å². The molecule has 0 N–H and O–H groups in total. The third-order valence-corrected chi connectivity index (χ3v) is 7.02. The monoisotopic (exact) mass is 476 g/mol. The zero-order valence-electron chi connectivity index (χ0n) is 21.8. The fourth-order valence-electron chi connectivity index (χ4n) is 4.71. The molecular formula is C30H37O3P. The maximum absolute atomic E-state index is 6.67. The summed E-state index contributed by atoms with van der Waals surface area (Å²) in [6.45, 7) is 18.0. The molecule has 0 unspecified atom stereocenters. The summed E-state index contributed by atoms with van der Waals surface area (Å²) in [6.07, 6.45) is 0. The minimum Gasteiger partial charge on any atom is -0.425 e. The van der Waals surface area contributed by atoms with Gasteiger partial charge in [0.15, 0.2) is 0 Å². The van der Waals surface area contributed by atoms with E-state index >= 15 is 0 Å². The van der Waals surface area contributed by atoms with E-state index in [0.717, 1.165) is 16.9 Å². The van der Waals surface area contributed by atoms with Gasteiger partial charge in [-0.3, -0.25) is 0 Å². The smallest absolute Gasteiger partial charge is 0.397 e. The first-order valence-electron chi connectivity index (χ1n) is 12.0. The van der Waals surface area contributed by atoms with Crippen molar-refractivity contribution < 1.29 is 13.6 Å². The van der Waals surface area contributed by atoms with Gasteiger partial charge in [-0.15, -0.1) is 0 Å². The summed E-state index contributed by atoms with van der Waals surface area (Å²) in [6, 6.07) is 19.3. The Balaban J connectivity index is 2.46. The molecule has 0 fully saturated rings. The molecule has 0 aliphatic carbocycles. The molecule has 3 aromatic rings. The van der Waals surface area contributed by atoms with Crippen molar-refractivity contribution >= 4 is 19.9 Å². The van der Waals surface area contributed by atoms with Gasteiger partial charge in [-0.1, -0.05) is 65.7 Å². The van der Waals surface area contributed by atoms with Crippen LogP contribution >= 0.6 is 8.60 Å². The van der Waals surface area contributed by atoms with E-state index in [4.69, 9.17) is 13.6 Å². The first-order valence-corrected chi connectivity index (χ1v) is 13.1. The lowest BCUT2D eigenvalue weighted by molar-refractivity contribution is 0.213. The minimum atomic E-state index is -1.55. The molecule has 4 heteroatoms. The van der Waals surface area contributed by atoms with Gasteiger partial charge in [0.05, 0.1) is 13.2 Å². The summed E-state index contributed by atoms with van der Waals surface area (Å²) in [7, 11) is -1.55. The molecule has 0 aliphatic rings. The predicted octanol–water partition coefficient (Wildman–Crippen LogP) is 8.77. The van der Waals surface area contributed by atoms with Gasteiger partial charge < -0.3 is 13.6 Å². The third kappa shape index (κ3) is 5.96. The minimum absolute atomic E-state index is 0.522. The highest BCUT2D eigenvalue weighted by atomic mass is 31.2. The van der Waals surface area contributed by atoms with Crippen molar-refractivity contribution in [2.24, 2.45) is 0 Å². The van der Waals surface area contributed by atoms with Gasteiger partial charge in [-0.2, -0.15) is 0 Å². The van der Waals surface area contributed by atoms with Crippen molar-refractivity contribution in [1.82, 2.24) is 0 Å². The highest BCUT2D eigenvalue weighted by Crippen LogP contribution is 2.49. The van der Waals surface area contributed by atoms with Crippen molar-refractivity contribution in [3.63, 3.8) is 0 Å². The van der Waals surface area contributed by atoms with E-state index in [-0.39, 0.29) is 0 Å². The van der Waals surface area contributed by atoms with Crippen LogP contribution in [0.5, 0.6) is 0 Å². The Morgan fingerprint density at radius 2 is 1.06 bits per heavy atom. The quantitative estimate of drug-likeness (QED) is 0.175. The molecule has 0 saturated carbocycles. The second-order valence-electron chi connectivity index (χ2n) is 8.77. The second-order valence-corrected chi connectivity index (χ2v) is 9.91. The molecule has 34 heavy (non-hydrogen) atoms. The number of rotatable bonds is 9. The van der Waals surface area contributed by atoms with Gasteiger partial charge in [-0.05, 0) is 88.8 Å². The van der Waals surface area contributed by atoms with E-state index in [2.05, 4.69) is 77.9 Å². The molecule has 180 valence electrons. The predicted molar refractivity (Wildman–Crippen MR) is 145 cm³/mol. The van der Waals surface area contributed by atoms with E-state index in [1.54, 1.807) is 0 Å². The first kappa shape index (κ1) is 26.2. The van der Waals surface area contributed by atoms with E-state index in [1.165, 1.54) is 44.5 Å². The largest absolute Gasteiger partial charge is 0.425 e. The summed E-state index contributed by atoms with van der Waals surface area (Å²) in [5.41, 5.74) is 11.9. The molecule has 0 radical (unpaired) electrons. The van der Waals surface area contributed by atoms with Crippen molar-refractivity contribution in [3.8, 4) is 0 Å². The van der Waals surface area contributed by atoms with Crippen LogP contribution < -0.4 is 0 Å². The molecule has 0 saturated heterocycles. The van der Waals surface area contributed by atoms with Crippen LogP contribution in [0.15, 0.2) is 54.6 Å². The Hall–Kier alpha value is -2.45. The van der Waals surface area contributed by atoms with Crippen LogP contribution in [-0.4, -0.2) is 13.2 Å². The summed E-state index contributed by atoms with van der Waals surface area (Å²) in [5.74, 6) is 0.790. The van der Waals surface area contributed by atoms with Gasteiger partial charge in [-0.25, -0.2) is 0 Å². The van der Waals surface area contributed by atoms with Crippen LogP contribution in [0.2, 0.25) is 0 Å². The van der Waals surface area contributed by atoms with E-state index in [9.17, 15) is 0 Å². The number of hydrogen-bond donors (Lipinski definition) is 0. The summed E-state index contributed by atoms with van der Waals surface area (Å²) >= 11 is 0. The molecule has 0 aromatic heterocycles. The van der Waals surface area contributed by atoms with Crippen LogP contribution in [-0.2, 0) is 13.6 Å². The van der Waals surface area contributed by atoms with Gasteiger partial charge in [0, 0.05) is 11.1 Å². The number of benzene rings is 3. The maximum Gasteiger partial charge on any atom is 0.397 e. The van der Waals surface area contributed by atoms with Crippen LogP contribution in [0, 0.1) is 41.5 Å². The molecule has 3 aromatic carbocycles. The van der Waals surface area contributed by atoms with Crippen molar-refractivity contribution in [1.29, 1.82) is 0 Å².